The molecule has 0 heterocycles. The summed E-state index contributed by atoms with van der Waals surface area (Å²) in [5.41, 5.74) is 5.95. The molecule has 0 aromatic heterocycles. The van der Waals surface area contributed by atoms with Crippen LogP contribution < -0.4 is 10.5 Å². The average molecular weight is 313 g/mol. The maximum Gasteiger partial charge on any atom is 0.224 e. The first-order valence-corrected chi connectivity index (χ1v) is 7.46. The van der Waals surface area contributed by atoms with Gasteiger partial charge in [-0.3, -0.25) is 4.79 Å². The topological polar surface area (TPSA) is 55.6 Å². The maximum absolute atomic E-state index is 12.1. The first-order chi connectivity index (χ1) is 9.71. The van der Waals surface area contributed by atoms with E-state index in [2.05, 4.69) is 0 Å². The standard InChI is InChI=1S/C16H25ClN2O2/c1-16(2,3)14(18)11-15(20)19(4)9-10-21-13-8-6-5-7-12(13)17/h5-8,14H,9-11,18H2,1-4H3. The van der Waals surface area contributed by atoms with E-state index in [1.807, 2.05) is 32.9 Å². The zero-order valence-electron chi connectivity index (χ0n) is 13.2. The van der Waals surface area contributed by atoms with Crippen LogP contribution in [-0.4, -0.2) is 37.0 Å². The molecule has 1 rings (SSSR count). The molecule has 5 heteroatoms. The molecule has 0 saturated carbocycles. The van der Waals surface area contributed by atoms with Crippen molar-refractivity contribution in [3.8, 4) is 5.75 Å². The molecule has 1 amide bonds. The van der Waals surface area contributed by atoms with Gasteiger partial charge in [-0.05, 0) is 17.5 Å². The molecule has 2 N–H and O–H groups in total. The minimum Gasteiger partial charge on any atom is -0.490 e. The monoisotopic (exact) mass is 312 g/mol. The van der Waals surface area contributed by atoms with E-state index in [-0.39, 0.29) is 17.4 Å². The van der Waals surface area contributed by atoms with Crippen molar-refractivity contribution in [1.82, 2.24) is 4.90 Å². The summed E-state index contributed by atoms with van der Waals surface area (Å²) >= 11 is 6.00. The second-order valence-electron chi connectivity index (χ2n) is 6.27. The number of nitrogens with two attached hydrogens (primary N) is 1. The van der Waals surface area contributed by atoms with Crippen LogP contribution in [0.3, 0.4) is 0 Å². The van der Waals surface area contributed by atoms with Gasteiger partial charge < -0.3 is 15.4 Å². The number of hydrogen-bond acceptors (Lipinski definition) is 3. The molecule has 1 unspecified atom stereocenters. The second kappa shape index (κ2) is 7.66. The van der Waals surface area contributed by atoms with Gasteiger partial charge in [-0.25, -0.2) is 0 Å². The highest BCUT2D eigenvalue weighted by atomic mass is 35.5. The summed E-state index contributed by atoms with van der Waals surface area (Å²) in [7, 11) is 1.76. The number of nitrogens with zero attached hydrogens (tertiary/aromatic N) is 1. The quantitative estimate of drug-likeness (QED) is 0.878. The lowest BCUT2D eigenvalue weighted by molar-refractivity contribution is -0.131. The third-order valence-electron chi connectivity index (χ3n) is 3.45. The first kappa shape index (κ1) is 17.8. The smallest absolute Gasteiger partial charge is 0.224 e. The summed E-state index contributed by atoms with van der Waals surface area (Å²) in [6, 6.07) is 7.13. The average Bonchev–Trinajstić information content (AvgIpc) is 2.39. The predicted octanol–water partition coefficient (Wildman–Crippen LogP) is 2.94. The second-order valence-corrected chi connectivity index (χ2v) is 6.68. The lowest BCUT2D eigenvalue weighted by Crippen LogP contribution is -2.41. The molecule has 1 aromatic rings. The van der Waals surface area contributed by atoms with E-state index in [9.17, 15) is 4.79 Å². The number of para-hydroxylation sites is 1. The molecule has 0 bridgehead atoms. The van der Waals surface area contributed by atoms with Crippen LogP contribution in [0.15, 0.2) is 24.3 Å². The number of likely N-dealkylation sites (N-methyl/N-ethyl adjacent to an activating group) is 1. The van der Waals surface area contributed by atoms with Gasteiger partial charge in [0.15, 0.2) is 0 Å². The zero-order chi connectivity index (χ0) is 16.0. The van der Waals surface area contributed by atoms with Gasteiger partial charge in [0.1, 0.15) is 12.4 Å². The molecule has 0 fully saturated rings. The van der Waals surface area contributed by atoms with Crippen LogP contribution in [0.5, 0.6) is 5.75 Å². The van der Waals surface area contributed by atoms with Crippen LogP contribution in [0.2, 0.25) is 5.02 Å². The minimum atomic E-state index is -0.156. The molecular formula is C16H25ClN2O2. The highest BCUT2D eigenvalue weighted by molar-refractivity contribution is 6.32. The van der Waals surface area contributed by atoms with E-state index in [0.717, 1.165) is 0 Å². The summed E-state index contributed by atoms with van der Waals surface area (Å²) in [6.07, 6.45) is 0.339. The molecule has 0 spiro atoms. The van der Waals surface area contributed by atoms with Gasteiger partial charge in [0.2, 0.25) is 5.91 Å². The van der Waals surface area contributed by atoms with Gasteiger partial charge in [0.25, 0.3) is 0 Å². The number of carbonyl (C=O) groups excluding carboxylic acids is 1. The van der Waals surface area contributed by atoms with Crippen molar-refractivity contribution < 1.29 is 9.53 Å². The highest BCUT2D eigenvalue weighted by Crippen LogP contribution is 2.23. The van der Waals surface area contributed by atoms with Crippen molar-refractivity contribution in [2.24, 2.45) is 11.1 Å². The largest absolute Gasteiger partial charge is 0.490 e. The fraction of sp³-hybridized carbons (Fsp3) is 0.562. The molecule has 0 radical (unpaired) electrons. The van der Waals surface area contributed by atoms with E-state index < -0.39 is 0 Å². The number of benzene rings is 1. The Balaban J connectivity index is 2.38. The Morgan fingerprint density at radius 3 is 2.57 bits per heavy atom. The van der Waals surface area contributed by atoms with Crippen LogP contribution in [0.25, 0.3) is 0 Å². The number of ether oxygens (including phenoxy) is 1. The molecule has 0 saturated heterocycles. The Kier molecular flexibility index (Phi) is 6.49. The van der Waals surface area contributed by atoms with Gasteiger partial charge in [0.05, 0.1) is 11.6 Å². The Hall–Kier alpha value is -1.26. The highest BCUT2D eigenvalue weighted by Gasteiger charge is 2.24. The Morgan fingerprint density at radius 1 is 1.38 bits per heavy atom. The SMILES string of the molecule is CN(CCOc1ccccc1Cl)C(=O)CC(N)C(C)(C)C. The maximum atomic E-state index is 12.1. The van der Waals surface area contributed by atoms with E-state index in [0.29, 0.717) is 30.3 Å². The fourth-order valence-electron chi connectivity index (χ4n) is 1.63. The lowest BCUT2D eigenvalue weighted by Gasteiger charge is -2.28. The minimum absolute atomic E-state index is 0.0279. The predicted molar refractivity (Wildman–Crippen MR) is 86.6 cm³/mol. The molecule has 0 aliphatic rings. The first-order valence-electron chi connectivity index (χ1n) is 7.08. The van der Waals surface area contributed by atoms with Crippen LogP contribution in [0, 0.1) is 5.41 Å². The van der Waals surface area contributed by atoms with Crippen molar-refractivity contribution in [1.29, 1.82) is 0 Å². The molecule has 4 nitrogen and oxygen atoms in total. The molecule has 1 atom stereocenters. The van der Waals surface area contributed by atoms with Crippen molar-refractivity contribution in [3.63, 3.8) is 0 Å². The van der Waals surface area contributed by atoms with Crippen molar-refractivity contribution in [2.45, 2.75) is 33.2 Å². The van der Waals surface area contributed by atoms with Crippen molar-refractivity contribution >= 4 is 17.5 Å². The molecular weight excluding hydrogens is 288 g/mol. The number of carbonyl (C=O) groups is 1. The van der Waals surface area contributed by atoms with Crippen LogP contribution in [0.4, 0.5) is 0 Å². The van der Waals surface area contributed by atoms with Gasteiger partial charge in [-0.1, -0.05) is 44.5 Å². The Labute approximate surface area is 132 Å². The zero-order valence-corrected chi connectivity index (χ0v) is 14.0. The van der Waals surface area contributed by atoms with Crippen LogP contribution in [-0.2, 0) is 4.79 Å². The molecule has 1 aromatic carbocycles. The van der Waals surface area contributed by atoms with Crippen LogP contribution >= 0.6 is 11.6 Å². The lowest BCUT2D eigenvalue weighted by atomic mass is 9.85. The van der Waals surface area contributed by atoms with Crippen molar-refractivity contribution in [3.05, 3.63) is 29.3 Å². The summed E-state index contributed by atoms with van der Waals surface area (Å²) in [5.74, 6) is 0.659. The van der Waals surface area contributed by atoms with Crippen LogP contribution in [0.1, 0.15) is 27.2 Å². The summed E-state index contributed by atoms with van der Waals surface area (Å²) in [6.45, 7) is 7.00. The Morgan fingerprint density at radius 2 is 2.00 bits per heavy atom. The van der Waals surface area contributed by atoms with E-state index in [1.165, 1.54) is 0 Å². The third kappa shape index (κ3) is 5.94. The molecule has 0 aliphatic carbocycles. The number of hydrogen-bond donors (Lipinski definition) is 1. The van der Waals surface area contributed by atoms with E-state index in [1.54, 1.807) is 24.1 Å². The Bertz CT molecular complexity index is 472. The third-order valence-corrected chi connectivity index (χ3v) is 3.77. The van der Waals surface area contributed by atoms with Gasteiger partial charge in [-0.15, -0.1) is 0 Å². The van der Waals surface area contributed by atoms with E-state index >= 15 is 0 Å². The van der Waals surface area contributed by atoms with Gasteiger partial charge in [0, 0.05) is 19.5 Å². The molecule has 118 valence electrons. The van der Waals surface area contributed by atoms with Gasteiger partial charge in [-0.2, -0.15) is 0 Å². The van der Waals surface area contributed by atoms with Gasteiger partial charge >= 0.3 is 0 Å². The molecule has 0 aliphatic heterocycles. The summed E-state index contributed by atoms with van der Waals surface area (Å²) in [4.78, 5) is 13.7. The number of halogens is 1. The van der Waals surface area contributed by atoms with E-state index in [4.69, 9.17) is 22.1 Å². The molecule has 21 heavy (non-hydrogen) atoms. The number of amides is 1. The summed E-state index contributed by atoms with van der Waals surface area (Å²) in [5, 5.41) is 0.571. The fourth-order valence-corrected chi connectivity index (χ4v) is 1.82. The number of rotatable bonds is 6. The van der Waals surface area contributed by atoms with Crippen molar-refractivity contribution in [2.75, 3.05) is 20.2 Å². The normalized spacial score (nSPS) is 12.9. The summed E-state index contributed by atoms with van der Waals surface area (Å²) < 4.78 is 5.57.